The smallest absolute Gasteiger partial charge is 0.244 e. The van der Waals surface area contributed by atoms with Gasteiger partial charge in [-0.3, -0.25) is 0 Å². The molecule has 0 saturated heterocycles. The second-order valence-corrected chi connectivity index (χ2v) is 4.74. The number of nitrogens with one attached hydrogen (secondary N) is 1. The van der Waals surface area contributed by atoms with Gasteiger partial charge < -0.3 is 0 Å². The number of nitrogens with zero attached hydrogens (tertiary/aromatic N) is 3. The van der Waals surface area contributed by atoms with Crippen LogP contribution in [0.4, 0.5) is 5.95 Å². The molecule has 0 fully saturated rings. The molecule has 4 nitrogen and oxygen atoms in total. The summed E-state index contributed by atoms with van der Waals surface area (Å²) in [5.74, 6) is 0.453. The van der Waals surface area contributed by atoms with Crippen molar-refractivity contribution in [1.29, 1.82) is 0 Å². The minimum Gasteiger partial charge on any atom is -0.245 e. The zero-order chi connectivity index (χ0) is 14.5. The van der Waals surface area contributed by atoms with Crippen molar-refractivity contribution in [2.45, 2.75) is 20.8 Å². The maximum atomic E-state index is 4.89. The second-order valence-electron chi connectivity index (χ2n) is 4.50. The first-order valence-electron chi connectivity index (χ1n) is 6.27. The number of benzene rings is 1. The average Bonchev–Trinajstić information content (AvgIpc) is 2.44. The lowest BCUT2D eigenvalue weighted by Gasteiger charge is -2.06. The lowest BCUT2D eigenvalue weighted by Crippen LogP contribution is -2.05. The molecule has 0 aliphatic heterocycles. The molecule has 1 aromatic heterocycles. The number of aryl methyl sites for hydroxylation is 2. The van der Waals surface area contributed by atoms with Crippen LogP contribution in [0.5, 0.6) is 0 Å². The third-order valence-corrected chi connectivity index (χ3v) is 3.09. The summed E-state index contributed by atoms with van der Waals surface area (Å²) < 4.78 is 0. The molecular formula is C15H16N4S. The zero-order valence-corrected chi connectivity index (χ0v) is 12.5. The van der Waals surface area contributed by atoms with Gasteiger partial charge in [-0.2, -0.15) is 5.10 Å². The Hall–Kier alpha value is -2.14. The largest absolute Gasteiger partial charge is 0.245 e. The van der Waals surface area contributed by atoms with E-state index < -0.39 is 0 Å². The van der Waals surface area contributed by atoms with Gasteiger partial charge in [0.1, 0.15) is 0 Å². The Morgan fingerprint density at radius 2 is 2.00 bits per heavy atom. The predicted octanol–water partition coefficient (Wildman–Crippen LogP) is 3.28. The molecule has 20 heavy (non-hydrogen) atoms. The van der Waals surface area contributed by atoms with E-state index in [2.05, 4.69) is 33.5 Å². The molecule has 2 rings (SSSR count). The lowest BCUT2D eigenvalue weighted by atomic mass is 10.1. The molecule has 0 amide bonds. The monoisotopic (exact) mass is 284 g/mol. The van der Waals surface area contributed by atoms with E-state index in [1.807, 2.05) is 38.1 Å². The van der Waals surface area contributed by atoms with Crippen molar-refractivity contribution >= 4 is 29.2 Å². The topological polar surface area (TPSA) is 50.2 Å². The minimum absolute atomic E-state index is 0.453. The van der Waals surface area contributed by atoms with Crippen LogP contribution in [0.3, 0.4) is 0 Å². The summed E-state index contributed by atoms with van der Waals surface area (Å²) in [6, 6.07) is 9.93. The molecule has 0 unspecified atom stereocenters. The Morgan fingerprint density at radius 3 is 2.70 bits per heavy atom. The number of hydrogen-bond acceptors (Lipinski definition) is 5. The van der Waals surface area contributed by atoms with Gasteiger partial charge in [0, 0.05) is 16.6 Å². The molecule has 0 aliphatic rings. The molecule has 0 bridgehead atoms. The van der Waals surface area contributed by atoms with E-state index >= 15 is 0 Å². The quantitative estimate of drug-likeness (QED) is 0.532. The van der Waals surface area contributed by atoms with E-state index in [1.165, 1.54) is 10.9 Å². The first-order chi connectivity index (χ1) is 9.60. The van der Waals surface area contributed by atoms with Crippen LogP contribution in [0.25, 0.3) is 0 Å². The molecule has 2 aromatic rings. The van der Waals surface area contributed by atoms with Gasteiger partial charge in [-0.1, -0.05) is 36.5 Å². The van der Waals surface area contributed by atoms with Gasteiger partial charge in [0.2, 0.25) is 5.95 Å². The maximum Gasteiger partial charge on any atom is 0.244 e. The van der Waals surface area contributed by atoms with E-state index in [-0.39, 0.29) is 0 Å². The highest BCUT2D eigenvalue weighted by atomic mass is 32.1. The van der Waals surface area contributed by atoms with Crippen LogP contribution >= 0.6 is 12.2 Å². The van der Waals surface area contributed by atoms with Crippen molar-refractivity contribution in [2.75, 3.05) is 5.43 Å². The Kier molecular flexibility index (Phi) is 4.53. The van der Waals surface area contributed by atoms with Crippen LogP contribution in [-0.4, -0.2) is 21.0 Å². The van der Waals surface area contributed by atoms with E-state index in [1.54, 1.807) is 0 Å². The first-order valence-corrected chi connectivity index (χ1v) is 6.74. The standard InChI is InChI=1S/C15H16N4S/c1-10-6-4-5-7-14(10)12(3)18-19-15-16-11(2)8-13(9-20)17-15/h4-9H,1-3H3,(H,16,17,19). The predicted molar refractivity (Wildman–Crippen MR) is 86.5 cm³/mol. The van der Waals surface area contributed by atoms with Crippen molar-refractivity contribution in [1.82, 2.24) is 9.97 Å². The van der Waals surface area contributed by atoms with Crippen LogP contribution in [0, 0.1) is 13.8 Å². The van der Waals surface area contributed by atoms with Gasteiger partial charge in [-0.05, 0) is 32.4 Å². The van der Waals surface area contributed by atoms with Crippen molar-refractivity contribution in [3.63, 3.8) is 0 Å². The molecule has 1 aromatic carbocycles. The fraction of sp³-hybridized carbons (Fsp3) is 0.200. The Morgan fingerprint density at radius 1 is 1.25 bits per heavy atom. The summed E-state index contributed by atoms with van der Waals surface area (Å²) in [7, 11) is 0. The van der Waals surface area contributed by atoms with Crippen molar-refractivity contribution < 1.29 is 0 Å². The molecule has 102 valence electrons. The summed E-state index contributed by atoms with van der Waals surface area (Å²) in [5, 5.41) is 5.86. The summed E-state index contributed by atoms with van der Waals surface area (Å²) in [6.07, 6.45) is 0. The van der Waals surface area contributed by atoms with Crippen LogP contribution in [0.15, 0.2) is 35.4 Å². The highest BCUT2D eigenvalue weighted by molar-refractivity contribution is 7.79. The van der Waals surface area contributed by atoms with Crippen LogP contribution in [0.2, 0.25) is 0 Å². The van der Waals surface area contributed by atoms with Gasteiger partial charge in [-0.25, -0.2) is 15.4 Å². The number of rotatable bonds is 4. The minimum atomic E-state index is 0.453. The molecule has 0 saturated carbocycles. The Labute approximate surface area is 124 Å². The molecule has 0 atom stereocenters. The lowest BCUT2D eigenvalue weighted by molar-refractivity contribution is 1.06. The summed E-state index contributed by atoms with van der Waals surface area (Å²) in [6.45, 7) is 5.90. The van der Waals surface area contributed by atoms with Crippen molar-refractivity contribution in [2.24, 2.45) is 5.10 Å². The second kappa shape index (κ2) is 6.34. The fourth-order valence-corrected chi connectivity index (χ4v) is 2.00. The highest BCUT2D eigenvalue weighted by Gasteiger charge is 2.02. The average molecular weight is 284 g/mol. The molecule has 1 heterocycles. The molecule has 0 aliphatic carbocycles. The van der Waals surface area contributed by atoms with E-state index in [4.69, 9.17) is 12.2 Å². The summed E-state index contributed by atoms with van der Waals surface area (Å²) in [4.78, 5) is 8.53. The first kappa shape index (κ1) is 14.3. The molecule has 1 N–H and O–H groups in total. The fourth-order valence-electron chi connectivity index (χ4n) is 1.88. The van der Waals surface area contributed by atoms with Gasteiger partial charge in [0.15, 0.2) is 0 Å². The third kappa shape index (κ3) is 3.45. The normalized spacial score (nSPS) is 11.2. The van der Waals surface area contributed by atoms with Gasteiger partial charge >= 0.3 is 0 Å². The van der Waals surface area contributed by atoms with E-state index in [0.29, 0.717) is 11.6 Å². The number of anilines is 1. The van der Waals surface area contributed by atoms with E-state index in [9.17, 15) is 0 Å². The number of thiocarbonyl (C=S) groups is 1. The SMILES string of the molecule is CC(=NNc1nc(C)cc(C=S)n1)c1ccccc1C. The van der Waals surface area contributed by atoms with E-state index in [0.717, 1.165) is 17.0 Å². The molecule has 5 heteroatoms. The summed E-state index contributed by atoms with van der Waals surface area (Å²) in [5.41, 5.74) is 7.61. The van der Waals surface area contributed by atoms with Crippen LogP contribution in [0.1, 0.15) is 29.4 Å². The highest BCUT2D eigenvalue weighted by Crippen LogP contribution is 2.09. The third-order valence-electron chi connectivity index (χ3n) is 2.85. The van der Waals surface area contributed by atoms with Crippen molar-refractivity contribution in [3.8, 4) is 0 Å². The Bertz CT molecular complexity index is 665. The Balaban J connectivity index is 2.23. The number of aromatic nitrogens is 2. The zero-order valence-electron chi connectivity index (χ0n) is 11.7. The molecule has 0 spiro atoms. The number of hydrogen-bond donors (Lipinski definition) is 1. The van der Waals surface area contributed by atoms with Crippen LogP contribution < -0.4 is 5.43 Å². The maximum absolute atomic E-state index is 4.89. The van der Waals surface area contributed by atoms with Gasteiger partial charge in [-0.15, -0.1) is 0 Å². The number of hydrazone groups is 1. The molecule has 0 radical (unpaired) electrons. The van der Waals surface area contributed by atoms with Crippen LogP contribution in [-0.2, 0) is 0 Å². The van der Waals surface area contributed by atoms with Crippen molar-refractivity contribution in [3.05, 3.63) is 52.8 Å². The molecular weight excluding hydrogens is 268 g/mol. The summed E-state index contributed by atoms with van der Waals surface area (Å²) >= 11 is 4.89. The van der Waals surface area contributed by atoms with Gasteiger partial charge in [0.05, 0.1) is 11.4 Å². The van der Waals surface area contributed by atoms with Gasteiger partial charge in [0.25, 0.3) is 0 Å².